The number of carbonyl (C=O) groups is 1. The lowest BCUT2D eigenvalue weighted by Crippen LogP contribution is -2.29. The fraction of sp³-hybridized carbons (Fsp3) is 0.182. The van der Waals surface area contributed by atoms with Crippen LogP contribution in [-0.2, 0) is 11.3 Å². The first kappa shape index (κ1) is 20.9. The highest BCUT2D eigenvalue weighted by Gasteiger charge is 2.13. The summed E-state index contributed by atoms with van der Waals surface area (Å²) in [6.45, 7) is 3.52. The number of aryl methyl sites for hydroxylation is 2. The van der Waals surface area contributed by atoms with Crippen molar-refractivity contribution in [3.63, 3.8) is 0 Å². The Morgan fingerprint density at radius 2 is 1.88 bits per heavy atom. The maximum atomic E-state index is 12.6. The van der Waals surface area contributed by atoms with Crippen molar-refractivity contribution in [1.29, 1.82) is 0 Å². The lowest BCUT2D eigenvalue weighted by atomic mass is 10.1. The third-order valence-corrected chi connectivity index (χ3v) is 4.69. The van der Waals surface area contributed by atoms with Crippen LogP contribution in [-0.4, -0.2) is 42.5 Å². The zero-order chi connectivity index (χ0) is 22.7. The van der Waals surface area contributed by atoms with Crippen molar-refractivity contribution in [2.45, 2.75) is 20.4 Å². The number of hydrogen-bond acceptors (Lipinski definition) is 7. The number of anilines is 1. The van der Waals surface area contributed by atoms with E-state index < -0.39 is 11.5 Å². The number of rotatable bonds is 6. The smallest absolute Gasteiger partial charge is 0.267 e. The summed E-state index contributed by atoms with van der Waals surface area (Å²) in [5, 5.41) is 11.4. The van der Waals surface area contributed by atoms with Crippen LogP contribution in [0.15, 0.2) is 59.7 Å². The van der Waals surface area contributed by atoms with Crippen molar-refractivity contribution in [1.82, 2.24) is 29.5 Å². The van der Waals surface area contributed by atoms with Gasteiger partial charge in [-0.2, -0.15) is 10.2 Å². The van der Waals surface area contributed by atoms with Crippen molar-refractivity contribution < 1.29 is 9.53 Å². The molecule has 0 bridgehead atoms. The predicted molar refractivity (Wildman–Crippen MR) is 118 cm³/mol. The SMILES string of the molecule is COc1ccccc1-c1ccc(=O)n(CC(=O)Nc2cc(-n3nc(C)cc3C)ncn2)n1. The zero-order valence-electron chi connectivity index (χ0n) is 17.8. The highest BCUT2D eigenvalue weighted by Crippen LogP contribution is 2.27. The van der Waals surface area contributed by atoms with Gasteiger partial charge in [-0.15, -0.1) is 0 Å². The van der Waals surface area contributed by atoms with Crippen molar-refractivity contribution >= 4 is 11.7 Å². The van der Waals surface area contributed by atoms with Gasteiger partial charge in [-0.1, -0.05) is 12.1 Å². The molecule has 1 amide bonds. The van der Waals surface area contributed by atoms with E-state index in [1.165, 1.54) is 12.4 Å². The van der Waals surface area contributed by atoms with E-state index in [1.807, 2.05) is 38.1 Å². The van der Waals surface area contributed by atoms with E-state index in [2.05, 4.69) is 25.5 Å². The molecular weight excluding hydrogens is 410 g/mol. The van der Waals surface area contributed by atoms with Gasteiger partial charge in [0.2, 0.25) is 5.91 Å². The Balaban J connectivity index is 1.54. The Labute approximate surface area is 183 Å². The fourth-order valence-electron chi connectivity index (χ4n) is 3.27. The monoisotopic (exact) mass is 431 g/mol. The third kappa shape index (κ3) is 4.38. The molecule has 0 aliphatic heterocycles. The fourth-order valence-corrected chi connectivity index (χ4v) is 3.27. The molecule has 162 valence electrons. The zero-order valence-corrected chi connectivity index (χ0v) is 17.8. The number of nitrogens with zero attached hydrogens (tertiary/aromatic N) is 6. The van der Waals surface area contributed by atoms with Crippen molar-refractivity contribution in [2.75, 3.05) is 12.4 Å². The second-order valence-corrected chi connectivity index (χ2v) is 7.06. The van der Waals surface area contributed by atoms with Gasteiger partial charge in [-0.25, -0.2) is 19.3 Å². The van der Waals surface area contributed by atoms with Crippen LogP contribution in [0.2, 0.25) is 0 Å². The molecular formula is C22H21N7O3. The Morgan fingerprint density at radius 1 is 1.06 bits per heavy atom. The molecule has 0 spiro atoms. The van der Waals surface area contributed by atoms with Gasteiger partial charge < -0.3 is 10.1 Å². The maximum absolute atomic E-state index is 12.6. The highest BCUT2D eigenvalue weighted by atomic mass is 16.5. The lowest BCUT2D eigenvalue weighted by Gasteiger charge is -2.10. The normalized spacial score (nSPS) is 10.7. The molecule has 0 fully saturated rings. The van der Waals surface area contributed by atoms with E-state index in [0.29, 0.717) is 23.1 Å². The largest absolute Gasteiger partial charge is 0.496 e. The van der Waals surface area contributed by atoms with Gasteiger partial charge >= 0.3 is 0 Å². The van der Waals surface area contributed by atoms with E-state index in [0.717, 1.165) is 21.6 Å². The predicted octanol–water partition coefficient (Wildman–Crippen LogP) is 2.15. The number of carbonyl (C=O) groups excluding carboxylic acids is 1. The minimum absolute atomic E-state index is 0.277. The van der Waals surface area contributed by atoms with Gasteiger partial charge in [0.1, 0.15) is 24.4 Å². The Morgan fingerprint density at radius 3 is 2.62 bits per heavy atom. The summed E-state index contributed by atoms with van der Waals surface area (Å²) in [5.74, 6) is 0.984. The van der Waals surface area contributed by atoms with Crippen LogP contribution < -0.4 is 15.6 Å². The summed E-state index contributed by atoms with van der Waals surface area (Å²) >= 11 is 0. The van der Waals surface area contributed by atoms with Crippen LogP contribution in [0, 0.1) is 13.8 Å². The molecule has 3 aromatic heterocycles. The molecule has 10 heteroatoms. The lowest BCUT2D eigenvalue weighted by molar-refractivity contribution is -0.117. The minimum Gasteiger partial charge on any atom is -0.496 e. The van der Waals surface area contributed by atoms with E-state index in [9.17, 15) is 9.59 Å². The number of aromatic nitrogens is 6. The summed E-state index contributed by atoms with van der Waals surface area (Å²) in [6, 6.07) is 13.8. The molecule has 4 aromatic rings. The Bertz CT molecular complexity index is 1340. The minimum atomic E-state index is -0.449. The summed E-state index contributed by atoms with van der Waals surface area (Å²) in [6.07, 6.45) is 1.34. The highest BCUT2D eigenvalue weighted by molar-refractivity contribution is 5.89. The number of para-hydroxylation sites is 1. The molecule has 1 N–H and O–H groups in total. The van der Waals surface area contributed by atoms with Gasteiger partial charge in [-0.05, 0) is 38.1 Å². The molecule has 0 saturated carbocycles. The molecule has 3 heterocycles. The van der Waals surface area contributed by atoms with Crippen LogP contribution in [0.3, 0.4) is 0 Å². The average Bonchev–Trinajstić information content (AvgIpc) is 3.13. The van der Waals surface area contributed by atoms with Crippen molar-refractivity contribution in [3.8, 4) is 22.8 Å². The van der Waals surface area contributed by atoms with Crippen LogP contribution in [0.4, 0.5) is 5.82 Å². The van der Waals surface area contributed by atoms with Gasteiger partial charge in [0, 0.05) is 23.4 Å². The number of nitrogens with one attached hydrogen (secondary N) is 1. The second-order valence-electron chi connectivity index (χ2n) is 7.06. The molecule has 0 aliphatic rings. The number of ether oxygens (including phenoxy) is 1. The standard InChI is InChI=1S/C22H21N7O3/c1-14-10-15(2)29(26-14)20-11-19(23-13-24-20)25-21(30)12-28-22(31)9-8-17(27-28)16-6-4-5-7-18(16)32-3/h4-11,13H,12H2,1-3H3,(H,23,24,25,30). The summed E-state index contributed by atoms with van der Waals surface area (Å²) in [4.78, 5) is 33.2. The van der Waals surface area contributed by atoms with Gasteiger partial charge in [0.25, 0.3) is 5.56 Å². The summed E-state index contributed by atoms with van der Waals surface area (Å²) in [7, 11) is 1.56. The molecule has 0 unspecified atom stereocenters. The first-order chi connectivity index (χ1) is 15.4. The molecule has 4 rings (SSSR count). The molecule has 32 heavy (non-hydrogen) atoms. The van der Waals surface area contributed by atoms with Gasteiger partial charge in [-0.3, -0.25) is 9.59 Å². The first-order valence-corrected chi connectivity index (χ1v) is 9.81. The van der Waals surface area contributed by atoms with Crippen LogP contribution in [0.1, 0.15) is 11.4 Å². The summed E-state index contributed by atoms with van der Waals surface area (Å²) in [5.41, 5.74) is 2.59. The van der Waals surface area contributed by atoms with Gasteiger partial charge in [0.15, 0.2) is 5.82 Å². The van der Waals surface area contributed by atoms with E-state index >= 15 is 0 Å². The Kier molecular flexibility index (Phi) is 5.75. The number of amides is 1. The molecule has 1 aromatic carbocycles. The quantitative estimate of drug-likeness (QED) is 0.497. The first-order valence-electron chi connectivity index (χ1n) is 9.81. The Hall–Kier alpha value is -4.34. The van der Waals surface area contributed by atoms with Crippen LogP contribution in [0.5, 0.6) is 5.75 Å². The molecule has 0 atom stereocenters. The van der Waals surface area contributed by atoms with Crippen molar-refractivity contribution in [3.05, 3.63) is 76.6 Å². The van der Waals surface area contributed by atoms with E-state index in [-0.39, 0.29) is 6.54 Å². The number of hydrogen-bond donors (Lipinski definition) is 1. The van der Waals surface area contributed by atoms with E-state index in [4.69, 9.17) is 4.74 Å². The molecule has 0 radical (unpaired) electrons. The second kappa shape index (κ2) is 8.80. The number of methoxy groups -OCH3 is 1. The van der Waals surface area contributed by atoms with E-state index in [1.54, 1.807) is 30.0 Å². The van der Waals surface area contributed by atoms with Crippen molar-refractivity contribution in [2.24, 2.45) is 0 Å². The molecule has 0 saturated heterocycles. The molecule has 0 aliphatic carbocycles. The number of benzene rings is 1. The van der Waals surface area contributed by atoms with Crippen LogP contribution in [0.25, 0.3) is 17.1 Å². The maximum Gasteiger partial charge on any atom is 0.267 e. The molecule has 10 nitrogen and oxygen atoms in total. The summed E-state index contributed by atoms with van der Waals surface area (Å²) < 4.78 is 8.12. The third-order valence-electron chi connectivity index (χ3n) is 4.69. The topological polar surface area (TPSA) is 117 Å². The van der Waals surface area contributed by atoms with Gasteiger partial charge in [0.05, 0.1) is 18.5 Å². The van der Waals surface area contributed by atoms with Crippen LogP contribution >= 0.6 is 0 Å². The average molecular weight is 431 g/mol.